The van der Waals surface area contributed by atoms with Gasteiger partial charge in [0.25, 0.3) is 0 Å². The SMILES string of the molecule is CCC(Nc1ccc(C(N)=O)cc1N)c1ncc[nH]1. The molecule has 0 radical (unpaired) electrons. The van der Waals surface area contributed by atoms with E-state index in [2.05, 4.69) is 15.3 Å². The van der Waals surface area contributed by atoms with Gasteiger partial charge in [0.1, 0.15) is 5.82 Å². The molecule has 2 aromatic rings. The Morgan fingerprint density at radius 2 is 2.32 bits per heavy atom. The Morgan fingerprint density at radius 1 is 1.53 bits per heavy atom. The Balaban J connectivity index is 2.21. The summed E-state index contributed by atoms with van der Waals surface area (Å²) in [5.74, 6) is 0.359. The first-order chi connectivity index (χ1) is 9.11. The van der Waals surface area contributed by atoms with Crippen LogP contribution in [0.25, 0.3) is 0 Å². The number of nitrogen functional groups attached to an aromatic ring is 1. The number of hydrogen-bond donors (Lipinski definition) is 4. The molecule has 1 heterocycles. The molecule has 6 nitrogen and oxygen atoms in total. The summed E-state index contributed by atoms with van der Waals surface area (Å²) in [7, 11) is 0. The molecule has 1 amide bonds. The van der Waals surface area contributed by atoms with Gasteiger partial charge < -0.3 is 21.8 Å². The zero-order chi connectivity index (χ0) is 13.8. The van der Waals surface area contributed by atoms with Crippen LogP contribution in [0, 0.1) is 0 Å². The summed E-state index contributed by atoms with van der Waals surface area (Å²) in [4.78, 5) is 18.4. The zero-order valence-corrected chi connectivity index (χ0v) is 10.7. The molecule has 0 saturated carbocycles. The highest BCUT2D eigenvalue weighted by Gasteiger charge is 2.13. The first-order valence-corrected chi connectivity index (χ1v) is 6.07. The minimum Gasteiger partial charge on any atom is -0.397 e. The van der Waals surface area contributed by atoms with Crippen molar-refractivity contribution in [2.75, 3.05) is 11.1 Å². The summed E-state index contributed by atoms with van der Waals surface area (Å²) in [6.07, 6.45) is 4.34. The maximum atomic E-state index is 11.1. The molecule has 0 aliphatic heterocycles. The smallest absolute Gasteiger partial charge is 0.248 e. The van der Waals surface area contributed by atoms with Gasteiger partial charge in [0, 0.05) is 18.0 Å². The quantitative estimate of drug-likeness (QED) is 0.612. The summed E-state index contributed by atoms with van der Waals surface area (Å²) in [5.41, 5.74) is 12.8. The van der Waals surface area contributed by atoms with Gasteiger partial charge in [0.15, 0.2) is 0 Å². The van der Waals surface area contributed by atoms with Crippen LogP contribution in [0.15, 0.2) is 30.6 Å². The lowest BCUT2D eigenvalue weighted by atomic mass is 10.1. The summed E-state index contributed by atoms with van der Waals surface area (Å²) in [5, 5.41) is 3.29. The van der Waals surface area contributed by atoms with Crippen LogP contribution in [0.2, 0.25) is 0 Å². The van der Waals surface area contributed by atoms with Crippen molar-refractivity contribution in [1.29, 1.82) is 0 Å². The van der Waals surface area contributed by atoms with Crippen molar-refractivity contribution in [2.45, 2.75) is 19.4 Å². The highest BCUT2D eigenvalue weighted by molar-refractivity contribution is 5.94. The van der Waals surface area contributed by atoms with Gasteiger partial charge in [-0.05, 0) is 24.6 Å². The Labute approximate surface area is 111 Å². The lowest BCUT2D eigenvalue weighted by Crippen LogP contribution is -2.14. The van der Waals surface area contributed by atoms with Crippen molar-refractivity contribution < 1.29 is 4.79 Å². The second-order valence-electron chi connectivity index (χ2n) is 4.25. The van der Waals surface area contributed by atoms with Crippen molar-refractivity contribution in [3.8, 4) is 0 Å². The van der Waals surface area contributed by atoms with Crippen LogP contribution in [-0.4, -0.2) is 15.9 Å². The third-order valence-corrected chi connectivity index (χ3v) is 2.92. The van der Waals surface area contributed by atoms with Crippen molar-refractivity contribution in [3.05, 3.63) is 42.0 Å². The van der Waals surface area contributed by atoms with E-state index in [1.54, 1.807) is 30.6 Å². The number of carbonyl (C=O) groups excluding carboxylic acids is 1. The molecule has 0 aliphatic rings. The van der Waals surface area contributed by atoms with Gasteiger partial charge >= 0.3 is 0 Å². The van der Waals surface area contributed by atoms with Crippen molar-refractivity contribution >= 4 is 17.3 Å². The first kappa shape index (κ1) is 12.9. The molecule has 1 aromatic heterocycles. The van der Waals surface area contributed by atoms with Gasteiger partial charge in [-0.25, -0.2) is 4.98 Å². The molecular formula is C13H17N5O. The molecule has 6 N–H and O–H groups in total. The van der Waals surface area contributed by atoms with E-state index in [0.717, 1.165) is 17.9 Å². The van der Waals surface area contributed by atoms with Gasteiger partial charge in [-0.1, -0.05) is 6.92 Å². The van der Waals surface area contributed by atoms with Crippen LogP contribution in [-0.2, 0) is 0 Å². The average Bonchev–Trinajstić information content (AvgIpc) is 2.91. The maximum absolute atomic E-state index is 11.1. The van der Waals surface area contributed by atoms with Crippen LogP contribution in [0.3, 0.4) is 0 Å². The molecule has 1 unspecified atom stereocenters. The van der Waals surface area contributed by atoms with Gasteiger partial charge in [0.2, 0.25) is 5.91 Å². The standard InChI is InChI=1S/C13H17N5O/c1-2-10(13-16-5-6-17-13)18-11-4-3-8(12(15)19)7-9(11)14/h3-7,10,18H,2,14H2,1H3,(H2,15,19)(H,16,17). The molecular weight excluding hydrogens is 242 g/mol. The molecule has 0 spiro atoms. The summed E-state index contributed by atoms with van der Waals surface area (Å²) < 4.78 is 0. The number of benzene rings is 1. The molecule has 0 bridgehead atoms. The van der Waals surface area contributed by atoms with Gasteiger partial charge in [-0.2, -0.15) is 0 Å². The lowest BCUT2D eigenvalue weighted by molar-refractivity contribution is 0.100. The number of anilines is 2. The summed E-state index contributed by atoms with van der Waals surface area (Å²) in [6.45, 7) is 2.05. The fraction of sp³-hybridized carbons (Fsp3) is 0.231. The molecule has 2 rings (SSSR count). The van der Waals surface area contributed by atoms with E-state index in [1.165, 1.54) is 0 Å². The minimum absolute atomic E-state index is 0.0386. The Morgan fingerprint density at radius 3 is 2.84 bits per heavy atom. The van der Waals surface area contributed by atoms with E-state index in [9.17, 15) is 4.79 Å². The maximum Gasteiger partial charge on any atom is 0.248 e. The fourth-order valence-corrected chi connectivity index (χ4v) is 1.87. The highest BCUT2D eigenvalue weighted by Crippen LogP contribution is 2.25. The second kappa shape index (κ2) is 5.43. The van der Waals surface area contributed by atoms with Crippen LogP contribution >= 0.6 is 0 Å². The third kappa shape index (κ3) is 2.85. The lowest BCUT2D eigenvalue weighted by Gasteiger charge is -2.17. The number of nitrogens with one attached hydrogen (secondary N) is 2. The number of nitrogens with zero attached hydrogens (tertiary/aromatic N) is 1. The summed E-state index contributed by atoms with van der Waals surface area (Å²) in [6, 6.07) is 5.01. The Kier molecular flexibility index (Phi) is 3.70. The van der Waals surface area contributed by atoms with E-state index in [4.69, 9.17) is 11.5 Å². The number of imidazole rings is 1. The molecule has 100 valence electrons. The van der Waals surface area contributed by atoms with E-state index in [1.807, 2.05) is 6.92 Å². The van der Waals surface area contributed by atoms with Gasteiger partial charge in [-0.15, -0.1) is 0 Å². The molecule has 0 saturated heterocycles. The van der Waals surface area contributed by atoms with Crippen LogP contribution < -0.4 is 16.8 Å². The molecule has 6 heteroatoms. The number of hydrogen-bond acceptors (Lipinski definition) is 4. The number of rotatable bonds is 5. The van der Waals surface area contributed by atoms with Gasteiger partial charge in [-0.3, -0.25) is 4.79 Å². The van der Waals surface area contributed by atoms with Crippen LogP contribution in [0.1, 0.15) is 35.6 Å². The summed E-state index contributed by atoms with van der Waals surface area (Å²) >= 11 is 0. The van der Waals surface area contributed by atoms with E-state index < -0.39 is 5.91 Å². The Bertz CT molecular complexity index is 564. The number of aromatic amines is 1. The topological polar surface area (TPSA) is 110 Å². The molecule has 0 aliphatic carbocycles. The number of primary amides is 1. The van der Waals surface area contributed by atoms with Crippen LogP contribution in [0.4, 0.5) is 11.4 Å². The zero-order valence-electron chi connectivity index (χ0n) is 10.7. The number of aromatic nitrogens is 2. The average molecular weight is 259 g/mol. The monoisotopic (exact) mass is 259 g/mol. The predicted octanol–water partition coefficient (Wildman–Crippen LogP) is 1.65. The Hall–Kier alpha value is -2.50. The number of H-pyrrole nitrogens is 1. The fourth-order valence-electron chi connectivity index (χ4n) is 1.87. The van der Waals surface area contributed by atoms with Crippen molar-refractivity contribution in [2.24, 2.45) is 5.73 Å². The normalized spacial score (nSPS) is 12.1. The molecule has 1 atom stereocenters. The van der Waals surface area contributed by atoms with Crippen molar-refractivity contribution in [1.82, 2.24) is 9.97 Å². The number of nitrogens with two attached hydrogens (primary N) is 2. The minimum atomic E-state index is -0.490. The highest BCUT2D eigenvalue weighted by atomic mass is 16.1. The molecule has 19 heavy (non-hydrogen) atoms. The second-order valence-corrected chi connectivity index (χ2v) is 4.25. The molecule has 0 fully saturated rings. The third-order valence-electron chi connectivity index (χ3n) is 2.92. The largest absolute Gasteiger partial charge is 0.397 e. The van der Waals surface area contributed by atoms with Crippen LogP contribution in [0.5, 0.6) is 0 Å². The van der Waals surface area contributed by atoms with E-state index in [0.29, 0.717) is 11.3 Å². The predicted molar refractivity (Wildman–Crippen MR) is 74.6 cm³/mol. The molecule has 1 aromatic carbocycles. The number of amides is 1. The number of carbonyl (C=O) groups is 1. The van der Waals surface area contributed by atoms with Gasteiger partial charge in [0.05, 0.1) is 17.4 Å². The first-order valence-electron chi connectivity index (χ1n) is 6.07. The van der Waals surface area contributed by atoms with Crippen molar-refractivity contribution in [3.63, 3.8) is 0 Å². The van der Waals surface area contributed by atoms with E-state index >= 15 is 0 Å². The van der Waals surface area contributed by atoms with E-state index in [-0.39, 0.29) is 6.04 Å².